The predicted octanol–water partition coefficient (Wildman–Crippen LogP) is 4.06. The number of rotatable bonds is 6. The molecular weight excluding hydrogens is 295 g/mol. The summed E-state index contributed by atoms with van der Waals surface area (Å²) in [4.78, 5) is 3.52. The van der Waals surface area contributed by atoms with E-state index < -0.39 is 5.82 Å². The molecule has 0 aliphatic rings. The standard InChI is InChI=1S/C15H18ClFN2S/c1-2-19(10-12-4-3-7-20-12)15(9-18)11-5-6-13(16)14(17)8-11/h3-8,15H,2,9-10,18H2,1H3. The minimum absolute atomic E-state index is 0.00568. The molecule has 0 amide bonds. The molecule has 1 atom stereocenters. The van der Waals surface area contributed by atoms with Crippen molar-refractivity contribution in [3.05, 3.63) is 57.0 Å². The predicted molar refractivity (Wildman–Crippen MR) is 83.6 cm³/mol. The average Bonchev–Trinajstić information content (AvgIpc) is 2.95. The minimum Gasteiger partial charge on any atom is -0.329 e. The second-order valence-electron chi connectivity index (χ2n) is 4.57. The van der Waals surface area contributed by atoms with Gasteiger partial charge in [0.05, 0.1) is 5.02 Å². The van der Waals surface area contributed by atoms with Gasteiger partial charge >= 0.3 is 0 Å². The first-order chi connectivity index (χ1) is 9.65. The molecule has 1 heterocycles. The Morgan fingerprint density at radius 3 is 2.75 bits per heavy atom. The summed E-state index contributed by atoms with van der Waals surface area (Å²) in [6.07, 6.45) is 0. The number of halogens is 2. The summed E-state index contributed by atoms with van der Waals surface area (Å²) in [6, 6.07) is 9.05. The van der Waals surface area contributed by atoms with Crippen LogP contribution in [0.25, 0.3) is 0 Å². The average molecular weight is 313 g/mol. The van der Waals surface area contributed by atoms with Gasteiger partial charge < -0.3 is 5.73 Å². The molecule has 0 spiro atoms. The van der Waals surface area contributed by atoms with Gasteiger partial charge in [-0.1, -0.05) is 30.7 Å². The lowest BCUT2D eigenvalue weighted by atomic mass is 10.0. The van der Waals surface area contributed by atoms with Crippen molar-refractivity contribution >= 4 is 22.9 Å². The Labute approximate surface area is 128 Å². The van der Waals surface area contributed by atoms with Crippen molar-refractivity contribution < 1.29 is 4.39 Å². The molecule has 1 unspecified atom stereocenters. The zero-order valence-corrected chi connectivity index (χ0v) is 12.9. The lowest BCUT2D eigenvalue weighted by Gasteiger charge is -2.30. The number of nitrogens with zero attached hydrogens (tertiary/aromatic N) is 1. The highest BCUT2D eigenvalue weighted by molar-refractivity contribution is 7.09. The van der Waals surface area contributed by atoms with Gasteiger partial charge in [0, 0.05) is 24.0 Å². The fourth-order valence-electron chi connectivity index (χ4n) is 2.26. The number of thiophene rings is 1. The van der Waals surface area contributed by atoms with Crippen LogP contribution < -0.4 is 5.73 Å². The molecule has 1 aromatic heterocycles. The van der Waals surface area contributed by atoms with Crippen LogP contribution in [-0.4, -0.2) is 18.0 Å². The lowest BCUT2D eigenvalue weighted by Crippen LogP contribution is -2.33. The van der Waals surface area contributed by atoms with Crippen LogP contribution in [0.2, 0.25) is 5.02 Å². The molecule has 0 radical (unpaired) electrons. The van der Waals surface area contributed by atoms with Gasteiger partial charge in [0.15, 0.2) is 0 Å². The molecule has 0 aliphatic heterocycles. The van der Waals surface area contributed by atoms with E-state index in [1.165, 1.54) is 10.9 Å². The van der Waals surface area contributed by atoms with E-state index in [0.717, 1.165) is 18.7 Å². The van der Waals surface area contributed by atoms with Gasteiger partial charge in [-0.2, -0.15) is 0 Å². The summed E-state index contributed by atoms with van der Waals surface area (Å²) in [7, 11) is 0. The largest absolute Gasteiger partial charge is 0.329 e. The first-order valence-electron chi connectivity index (χ1n) is 6.57. The molecule has 20 heavy (non-hydrogen) atoms. The minimum atomic E-state index is -0.394. The third-order valence-corrected chi connectivity index (χ3v) is 4.51. The maximum Gasteiger partial charge on any atom is 0.142 e. The van der Waals surface area contributed by atoms with Crippen LogP contribution in [0.4, 0.5) is 4.39 Å². The van der Waals surface area contributed by atoms with E-state index in [-0.39, 0.29) is 11.1 Å². The van der Waals surface area contributed by atoms with E-state index in [9.17, 15) is 4.39 Å². The van der Waals surface area contributed by atoms with Crippen LogP contribution in [0.15, 0.2) is 35.7 Å². The molecule has 0 saturated heterocycles. The van der Waals surface area contributed by atoms with E-state index in [1.807, 2.05) is 12.1 Å². The van der Waals surface area contributed by atoms with Crippen molar-refractivity contribution in [1.29, 1.82) is 0 Å². The topological polar surface area (TPSA) is 29.3 Å². The van der Waals surface area contributed by atoms with Gasteiger partial charge in [-0.25, -0.2) is 4.39 Å². The summed E-state index contributed by atoms with van der Waals surface area (Å²) in [5.41, 5.74) is 6.77. The third kappa shape index (κ3) is 3.58. The molecule has 2 rings (SSSR count). The van der Waals surface area contributed by atoms with E-state index >= 15 is 0 Å². The zero-order valence-electron chi connectivity index (χ0n) is 11.4. The fraction of sp³-hybridized carbons (Fsp3) is 0.333. The van der Waals surface area contributed by atoms with Crippen LogP contribution >= 0.6 is 22.9 Å². The van der Waals surface area contributed by atoms with E-state index in [2.05, 4.69) is 23.3 Å². The Balaban J connectivity index is 2.21. The SMILES string of the molecule is CCN(Cc1cccs1)C(CN)c1ccc(Cl)c(F)c1. The van der Waals surface area contributed by atoms with Gasteiger partial charge in [-0.15, -0.1) is 11.3 Å². The fourth-order valence-corrected chi connectivity index (χ4v) is 3.11. The van der Waals surface area contributed by atoms with Crippen LogP contribution in [0.5, 0.6) is 0 Å². The smallest absolute Gasteiger partial charge is 0.142 e. The Morgan fingerprint density at radius 1 is 1.40 bits per heavy atom. The number of likely N-dealkylation sites (N-methyl/N-ethyl adjacent to an activating group) is 1. The van der Waals surface area contributed by atoms with E-state index in [4.69, 9.17) is 17.3 Å². The molecule has 5 heteroatoms. The summed E-state index contributed by atoms with van der Waals surface area (Å²) in [6.45, 7) is 4.20. The van der Waals surface area contributed by atoms with Crippen molar-refractivity contribution in [2.45, 2.75) is 19.5 Å². The summed E-state index contributed by atoms with van der Waals surface area (Å²) >= 11 is 7.46. The maximum absolute atomic E-state index is 13.6. The first-order valence-corrected chi connectivity index (χ1v) is 7.83. The first kappa shape index (κ1) is 15.4. The number of hydrogen-bond donors (Lipinski definition) is 1. The van der Waals surface area contributed by atoms with Crippen molar-refractivity contribution in [1.82, 2.24) is 4.90 Å². The van der Waals surface area contributed by atoms with Crippen LogP contribution in [0, 0.1) is 5.82 Å². The van der Waals surface area contributed by atoms with Crippen molar-refractivity contribution in [3.8, 4) is 0 Å². The molecule has 2 N–H and O–H groups in total. The van der Waals surface area contributed by atoms with Gasteiger partial charge in [0.1, 0.15) is 5.82 Å². The zero-order chi connectivity index (χ0) is 14.5. The quantitative estimate of drug-likeness (QED) is 0.871. The Bertz CT molecular complexity index is 545. The number of nitrogens with two attached hydrogens (primary N) is 1. The van der Waals surface area contributed by atoms with Gasteiger partial charge in [-0.05, 0) is 35.7 Å². The van der Waals surface area contributed by atoms with Crippen molar-refractivity contribution in [2.24, 2.45) is 5.73 Å². The normalized spacial score (nSPS) is 12.8. The second-order valence-corrected chi connectivity index (χ2v) is 6.01. The molecule has 0 saturated carbocycles. The summed E-state index contributed by atoms with van der Waals surface area (Å²) < 4.78 is 13.6. The highest BCUT2D eigenvalue weighted by Gasteiger charge is 2.19. The molecule has 1 aromatic carbocycles. The number of benzene rings is 1. The van der Waals surface area contributed by atoms with Gasteiger partial charge in [-0.3, -0.25) is 4.90 Å². The maximum atomic E-state index is 13.6. The van der Waals surface area contributed by atoms with E-state index in [1.54, 1.807) is 17.4 Å². The Hall–Kier alpha value is -0.940. The van der Waals surface area contributed by atoms with Gasteiger partial charge in [0.25, 0.3) is 0 Å². The summed E-state index contributed by atoms with van der Waals surface area (Å²) in [5.74, 6) is -0.394. The Morgan fingerprint density at radius 2 is 2.20 bits per heavy atom. The molecule has 0 aliphatic carbocycles. The molecule has 2 aromatic rings. The molecule has 2 nitrogen and oxygen atoms in total. The Kier molecular flexibility index (Phi) is 5.54. The number of hydrogen-bond acceptors (Lipinski definition) is 3. The highest BCUT2D eigenvalue weighted by Crippen LogP contribution is 2.26. The monoisotopic (exact) mass is 312 g/mol. The van der Waals surface area contributed by atoms with Gasteiger partial charge in [0.2, 0.25) is 0 Å². The van der Waals surface area contributed by atoms with Crippen LogP contribution in [0.1, 0.15) is 23.4 Å². The second kappa shape index (κ2) is 7.18. The van der Waals surface area contributed by atoms with Crippen LogP contribution in [0.3, 0.4) is 0 Å². The van der Waals surface area contributed by atoms with Crippen molar-refractivity contribution in [2.75, 3.05) is 13.1 Å². The summed E-state index contributed by atoms with van der Waals surface area (Å²) in [5, 5.41) is 2.20. The third-order valence-electron chi connectivity index (χ3n) is 3.34. The molecule has 0 bridgehead atoms. The molecule has 0 fully saturated rings. The molecular formula is C15H18ClFN2S. The lowest BCUT2D eigenvalue weighted by molar-refractivity contribution is 0.205. The highest BCUT2D eigenvalue weighted by atomic mass is 35.5. The van der Waals surface area contributed by atoms with Crippen molar-refractivity contribution in [3.63, 3.8) is 0 Å². The van der Waals surface area contributed by atoms with Crippen LogP contribution in [-0.2, 0) is 6.54 Å². The molecule has 108 valence electrons. The van der Waals surface area contributed by atoms with E-state index in [0.29, 0.717) is 6.54 Å².